The molecule has 0 N–H and O–H groups in total. The summed E-state index contributed by atoms with van der Waals surface area (Å²) in [5, 5.41) is 3.55. The first kappa shape index (κ1) is 11.3. The van der Waals surface area contributed by atoms with Crippen LogP contribution in [0.15, 0.2) is 23.2 Å². The molecule has 17 heavy (non-hydrogen) atoms. The number of carbonyl (C=O) groups excluding carboxylic acids is 1. The number of aryl methyl sites for hydroxylation is 1. The van der Waals surface area contributed by atoms with Crippen molar-refractivity contribution in [3.8, 4) is 5.88 Å². The van der Waals surface area contributed by atoms with Crippen LogP contribution >= 0.6 is 0 Å². The molecule has 0 atom stereocenters. The maximum Gasteiger partial charge on any atom is 0.219 e. The van der Waals surface area contributed by atoms with Gasteiger partial charge in [0.25, 0.3) is 0 Å². The van der Waals surface area contributed by atoms with Gasteiger partial charge in [0.05, 0.1) is 18.4 Å². The average Bonchev–Trinajstić information content (AvgIpc) is 2.79. The molecule has 88 valence electrons. The van der Waals surface area contributed by atoms with E-state index in [1.165, 1.54) is 12.5 Å². The van der Waals surface area contributed by atoms with E-state index in [9.17, 15) is 4.79 Å². The minimum atomic E-state index is 0.369. The Morgan fingerprint density at radius 3 is 3.12 bits per heavy atom. The minimum Gasteiger partial charge on any atom is -0.477 e. The van der Waals surface area contributed by atoms with Crippen molar-refractivity contribution < 1.29 is 14.1 Å². The van der Waals surface area contributed by atoms with E-state index in [2.05, 4.69) is 15.1 Å². The van der Waals surface area contributed by atoms with Gasteiger partial charge in [-0.05, 0) is 6.92 Å². The first-order valence-electron chi connectivity index (χ1n) is 5.09. The lowest BCUT2D eigenvalue weighted by atomic mass is 10.2. The quantitative estimate of drug-likeness (QED) is 0.722. The van der Waals surface area contributed by atoms with Gasteiger partial charge in [-0.25, -0.2) is 9.97 Å². The Hall–Kier alpha value is -2.24. The van der Waals surface area contributed by atoms with Crippen LogP contribution in [-0.2, 0) is 6.42 Å². The first-order valence-corrected chi connectivity index (χ1v) is 5.09. The van der Waals surface area contributed by atoms with Crippen LogP contribution < -0.4 is 4.74 Å². The van der Waals surface area contributed by atoms with Gasteiger partial charge in [0, 0.05) is 18.2 Å². The van der Waals surface area contributed by atoms with E-state index in [1.54, 1.807) is 6.20 Å². The van der Waals surface area contributed by atoms with E-state index in [-0.39, 0.29) is 0 Å². The fourth-order valence-corrected chi connectivity index (χ4v) is 1.34. The standard InChI is InChI=1S/C11H11N3O3/c1-8-4-12-7-13-11(8)16-3-2-10-9(6-15)5-14-17-10/h4-7H,2-3H2,1H3. The number of ether oxygens (including phenoxy) is 1. The van der Waals surface area contributed by atoms with Crippen LogP contribution in [0.2, 0.25) is 0 Å². The monoisotopic (exact) mass is 233 g/mol. The summed E-state index contributed by atoms with van der Waals surface area (Å²) >= 11 is 0. The number of hydrogen-bond acceptors (Lipinski definition) is 6. The van der Waals surface area contributed by atoms with Gasteiger partial charge in [0.2, 0.25) is 5.88 Å². The zero-order valence-corrected chi connectivity index (χ0v) is 9.29. The second-order valence-corrected chi connectivity index (χ2v) is 3.43. The summed E-state index contributed by atoms with van der Waals surface area (Å²) in [6.07, 6.45) is 5.67. The van der Waals surface area contributed by atoms with Crippen molar-refractivity contribution in [3.63, 3.8) is 0 Å². The molecule has 0 radical (unpaired) electrons. The van der Waals surface area contributed by atoms with Crippen molar-refractivity contribution in [2.24, 2.45) is 0 Å². The van der Waals surface area contributed by atoms with Gasteiger partial charge in [-0.2, -0.15) is 0 Å². The van der Waals surface area contributed by atoms with Crippen LogP contribution in [0.1, 0.15) is 21.7 Å². The van der Waals surface area contributed by atoms with E-state index in [1.807, 2.05) is 6.92 Å². The Labute approximate surface area is 97.6 Å². The highest BCUT2D eigenvalue weighted by Crippen LogP contribution is 2.12. The number of nitrogens with zero attached hydrogens (tertiary/aromatic N) is 3. The maximum absolute atomic E-state index is 10.6. The third-order valence-electron chi connectivity index (χ3n) is 2.22. The largest absolute Gasteiger partial charge is 0.477 e. The first-order chi connectivity index (χ1) is 8.31. The molecule has 0 fully saturated rings. The molecule has 6 nitrogen and oxygen atoms in total. The summed E-state index contributed by atoms with van der Waals surface area (Å²) in [4.78, 5) is 18.5. The third kappa shape index (κ3) is 2.66. The van der Waals surface area contributed by atoms with Crippen molar-refractivity contribution >= 4 is 6.29 Å². The molecule has 0 aliphatic carbocycles. The molecule has 0 unspecified atom stereocenters. The van der Waals surface area contributed by atoms with E-state index in [0.29, 0.717) is 36.5 Å². The lowest BCUT2D eigenvalue weighted by Gasteiger charge is -2.05. The van der Waals surface area contributed by atoms with Crippen molar-refractivity contribution in [3.05, 3.63) is 35.6 Å². The van der Waals surface area contributed by atoms with Gasteiger partial charge in [-0.1, -0.05) is 5.16 Å². The van der Waals surface area contributed by atoms with E-state index >= 15 is 0 Å². The fourth-order valence-electron chi connectivity index (χ4n) is 1.34. The molecule has 2 aromatic rings. The minimum absolute atomic E-state index is 0.369. The van der Waals surface area contributed by atoms with Gasteiger partial charge in [0.1, 0.15) is 6.33 Å². The van der Waals surface area contributed by atoms with Crippen molar-refractivity contribution in [1.29, 1.82) is 0 Å². The molecule has 0 saturated carbocycles. The molecule has 0 aliphatic heterocycles. The predicted molar refractivity (Wildman–Crippen MR) is 57.9 cm³/mol. The Bertz CT molecular complexity index is 510. The molecule has 2 heterocycles. The van der Waals surface area contributed by atoms with Crippen LogP contribution in [0, 0.1) is 6.92 Å². The lowest BCUT2D eigenvalue weighted by Crippen LogP contribution is -2.04. The highest BCUT2D eigenvalue weighted by Gasteiger charge is 2.08. The zero-order valence-electron chi connectivity index (χ0n) is 9.29. The van der Waals surface area contributed by atoms with Crippen molar-refractivity contribution in [2.75, 3.05) is 6.61 Å². The topological polar surface area (TPSA) is 78.1 Å². The number of aromatic nitrogens is 3. The Morgan fingerprint density at radius 1 is 1.47 bits per heavy atom. The second-order valence-electron chi connectivity index (χ2n) is 3.43. The van der Waals surface area contributed by atoms with Crippen LogP contribution in [0.3, 0.4) is 0 Å². The Morgan fingerprint density at radius 2 is 2.35 bits per heavy atom. The van der Waals surface area contributed by atoms with Crippen LogP contribution in [0.25, 0.3) is 0 Å². The fraction of sp³-hybridized carbons (Fsp3) is 0.273. The summed E-state index contributed by atoms with van der Waals surface area (Å²) < 4.78 is 10.4. The molecular formula is C11H11N3O3. The normalized spacial score (nSPS) is 10.2. The molecule has 0 amide bonds. The maximum atomic E-state index is 10.6. The van der Waals surface area contributed by atoms with Crippen molar-refractivity contribution in [1.82, 2.24) is 15.1 Å². The number of aldehydes is 1. The van der Waals surface area contributed by atoms with Gasteiger partial charge in [-0.15, -0.1) is 0 Å². The zero-order chi connectivity index (χ0) is 12.1. The predicted octanol–water partition coefficient (Wildman–Crippen LogP) is 1.21. The third-order valence-corrected chi connectivity index (χ3v) is 2.22. The lowest BCUT2D eigenvalue weighted by molar-refractivity contribution is 0.112. The van der Waals surface area contributed by atoms with E-state index in [4.69, 9.17) is 9.26 Å². The molecule has 0 bridgehead atoms. The van der Waals surface area contributed by atoms with Gasteiger partial charge in [-0.3, -0.25) is 4.79 Å². The summed E-state index contributed by atoms with van der Waals surface area (Å²) in [6, 6.07) is 0. The molecule has 0 spiro atoms. The number of carbonyl (C=O) groups is 1. The number of hydrogen-bond donors (Lipinski definition) is 0. The van der Waals surface area contributed by atoms with Crippen LogP contribution in [0.5, 0.6) is 5.88 Å². The van der Waals surface area contributed by atoms with E-state index in [0.717, 1.165) is 5.56 Å². The van der Waals surface area contributed by atoms with Crippen LogP contribution in [0.4, 0.5) is 0 Å². The summed E-state index contributed by atoms with van der Waals surface area (Å²) in [6.45, 7) is 2.23. The van der Waals surface area contributed by atoms with Gasteiger partial charge >= 0.3 is 0 Å². The molecular weight excluding hydrogens is 222 g/mol. The molecule has 2 aromatic heterocycles. The second kappa shape index (κ2) is 5.20. The summed E-state index contributed by atoms with van der Waals surface area (Å²) in [7, 11) is 0. The van der Waals surface area contributed by atoms with E-state index < -0.39 is 0 Å². The molecule has 0 aliphatic rings. The Balaban J connectivity index is 1.92. The van der Waals surface area contributed by atoms with Crippen molar-refractivity contribution in [2.45, 2.75) is 13.3 Å². The van der Waals surface area contributed by atoms with Crippen LogP contribution in [-0.4, -0.2) is 28.0 Å². The SMILES string of the molecule is Cc1cncnc1OCCc1oncc1C=O. The number of rotatable bonds is 5. The molecule has 6 heteroatoms. The summed E-state index contributed by atoms with van der Waals surface area (Å²) in [5.74, 6) is 1.05. The Kier molecular flexibility index (Phi) is 3.44. The smallest absolute Gasteiger partial charge is 0.219 e. The summed E-state index contributed by atoms with van der Waals surface area (Å²) in [5.41, 5.74) is 1.31. The molecule has 0 saturated heterocycles. The highest BCUT2D eigenvalue weighted by atomic mass is 16.5. The van der Waals surface area contributed by atoms with Gasteiger partial charge in [0.15, 0.2) is 12.0 Å². The highest BCUT2D eigenvalue weighted by molar-refractivity contribution is 5.75. The molecule has 0 aromatic carbocycles. The van der Waals surface area contributed by atoms with Gasteiger partial charge < -0.3 is 9.26 Å². The molecule has 2 rings (SSSR count). The average molecular weight is 233 g/mol.